The minimum absolute atomic E-state index is 0.373. The fourth-order valence-corrected chi connectivity index (χ4v) is 4.23. The van der Waals surface area contributed by atoms with Gasteiger partial charge in [-0.2, -0.15) is 0 Å². The molecule has 2 atom stereocenters. The molecule has 0 amide bonds. The minimum Gasteiger partial charge on any atom is -0.390 e. The molecule has 0 bridgehead atoms. The highest BCUT2D eigenvalue weighted by molar-refractivity contribution is 5.24. The third-order valence-corrected chi connectivity index (χ3v) is 7.26. The van der Waals surface area contributed by atoms with Crippen LogP contribution in [0, 0.1) is 34.5 Å². The molecule has 0 aliphatic carbocycles. The van der Waals surface area contributed by atoms with E-state index in [1.54, 1.807) is 0 Å². The van der Waals surface area contributed by atoms with Crippen LogP contribution >= 0.6 is 0 Å². The molecular weight excluding hydrogens is 424 g/mol. The van der Waals surface area contributed by atoms with E-state index in [1.165, 1.54) is 0 Å². The van der Waals surface area contributed by atoms with E-state index in [4.69, 9.17) is 9.47 Å². The van der Waals surface area contributed by atoms with Crippen molar-refractivity contribution in [2.75, 3.05) is 13.2 Å². The third-order valence-electron chi connectivity index (χ3n) is 7.26. The van der Waals surface area contributed by atoms with Crippen LogP contribution < -0.4 is 0 Å². The van der Waals surface area contributed by atoms with Crippen LogP contribution in [0.1, 0.15) is 123 Å². The molecule has 0 aliphatic rings. The molecule has 34 heavy (non-hydrogen) atoms. The minimum atomic E-state index is -0.753. The Morgan fingerprint density at radius 3 is 1.03 bits per heavy atom. The Morgan fingerprint density at radius 2 is 0.824 bits per heavy atom. The number of hydrogen-bond donors (Lipinski definition) is 2. The zero-order valence-corrected chi connectivity index (χ0v) is 25.1. The SMILES string of the molecule is CC(C)CC(C)(C#CC(C)(CC(C)C)C(C)(C)OCCC(C)(C)O)C(C)(C)OCCC(C)(C)O. The molecule has 0 aliphatic heterocycles. The van der Waals surface area contributed by atoms with Crippen molar-refractivity contribution >= 4 is 0 Å². The number of ether oxygens (including phenoxy) is 2. The van der Waals surface area contributed by atoms with E-state index in [-0.39, 0.29) is 10.8 Å². The molecule has 0 spiro atoms. The van der Waals surface area contributed by atoms with Gasteiger partial charge in [0.15, 0.2) is 0 Å². The lowest BCUT2D eigenvalue weighted by Gasteiger charge is -2.44. The van der Waals surface area contributed by atoms with Crippen molar-refractivity contribution in [2.45, 2.75) is 145 Å². The van der Waals surface area contributed by atoms with Gasteiger partial charge < -0.3 is 19.7 Å². The van der Waals surface area contributed by atoms with Crippen molar-refractivity contribution < 1.29 is 19.7 Å². The van der Waals surface area contributed by atoms with E-state index in [2.05, 4.69) is 81.1 Å². The molecular formula is C30H58O4. The molecule has 0 rings (SSSR count). The van der Waals surface area contributed by atoms with Crippen LogP contribution in [0.5, 0.6) is 0 Å². The number of hydrogen-bond acceptors (Lipinski definition) is 4. The monoisotopic (exact) mass is 482 g/mol. The van der Waals surface area contributed by atoms with Crippen molar-refractivity contribution in [2.24, 2.45) is 22.7 Å². The molecule has 0 radical (unpaired) electrons. The van der Waals surface area contributed by atoms with Crippen LogP contribution in [0.25, 0.3) is 0 Å². The second-order valence-corrected chi connectivity index (χ2v) is 14.0. The second-order valence-electron chi connectivity index (χ2n) is 14.0. The van der Waals surface area contributed by atoms with Gasteiger partial charge >= 0.3 is 0 Å². The Labute approximate surface area is 212 Å². The highest BCUT2D eigenvalue weighted by atomic mass is 16.5. The Bertz CT molecular complexity index is 611. The molecule has 2 N–H and O–H groups in total. The van der Waals surface area contributed by atoms with E-state index in [0.717, 1.165) is 12.8 Å². The maximum atomic E-state index is 10.1. The first kappa shape index (κ1) is 33.4. The molecule has 0 heterocycles. The van der Waals surface area contributed by atoms with E-state index in [9.17, 15) is 10.2 Å². The predicted molar refractivity (Wildman–Crippen MR) is 145 cm³/mol. The van der Waals surface area contributed by atoms with E-state index >= 15 is 0 Å². The van der Waals surface area contributed by atoms with E-state index in [0.29, 0.717) is 37.9 Å². The van der Waals surface area contributed by atoms with Gasteiger partial charge in [0, 0.05) is 0 Å². The summed E-state index contributed by atoms with van der Waals surface area (Å²) < 4.78 is 12.8. The van der Waals surface area contributed by atoms with Crippen molar-refractivity contribution in [1.82, 2.24) is 0 Å². The summed E-state index contributed by atoms with van der Waals surface area (Å²) >= 11 is 0. The van der Waals surface area contributed by atoms with Crippen molar-refractivity contribution in [1.29, 1.82) is 0 Å². The lowest BCUT2D eigenvalue weighted by molar-refractivity contribution is -0.105. The average Bonchev–Trinajstić information content (AvgIpc) is 2.55. The Kier molecular flexibility index (Phi) is 11.9. The summed E-state index contributed by atoms with van der Waals surface area (Å²) in [5.41, 5.74) is -3.22. The molecule has 2 unspecified atom stereocenters. The van der Waals surface area contributed by atoms with Gasteiger partial charge in [0.05, 0.1) is 46.4 Å². The highest BCUT2D eigenvalue weighted by Gasteiger charge is 2.45. The predicted octanol–water partition coefficient (Wildman–Crippen LogP) is 7.01. The molecule has 0 aromatic heterocycles. The molecule has 0 aromatic rings. The van der Waals surface area contributed by atoms with Gasteiger partial charge in [-0.15, -0.1) is 0 Å². The summed E-state index contributed by atoms with van der Waals surface area (Å²) in [5.74, 6) is 8.34. The van der Waals surface area contributed by atoms with Crippen LogP contribution in [-0.2, 0) is 9.47 Å². The van der Waals surface area contributed by atoms with Gasteiger partial charge in [-0.05, 0) is 107 Å². The topological polar surface area (TPSA) is 58.9 Å². The smallest absolute Gasteiger partial charge is 0.0788 e. The summed E-state index contributed by atoms with van der Waals surface area (Å²) in [6.07, 6.45) is 2.98. The molecule has 0 aromatic carbocycles. The molecule has 4 heteroatoms. The van der Waals surface area contributed by atoms with E-state index < -0.39 is 22.4 Å². The van der Waals surface area contributed by atoms with Crippen molar-refractivity contribution in [3.05, 3.63) is 0 Å². The molecule has 0 saturated heterocycles. The van der Waals surface area contributed by atoms with Gasteiger partial charge in [-0.25, -0.2) is 0 Å². The standard InChI is InChI=1S/C30H58O4/c1-23(2)21-29(13,27(9,10)33-19-17-25(5,6)31)15-16-30(14,22-24(3)4)28(11,12)34-20-18-26(7,8)32/h23-24,31-32H,17-22H2,1-14H3. The average molecular weight is 483 g/mol. The largest absolute Gasteiger partial charge is 0.390 e. The third kappa shape index (κ3) is 11.4. The summed E-state index contributed by atoms with van der Waals surface area (Å²) in [7, 11) is 0. The van der Waals surface area contributed by atoms with Crippen molar-refractivity contribution in [3.8, 4) is 11.8 Å². The summed E-state index contributed by atoms with van der Waals surface area (Å²) in [5, 5.41) is 20.3. The van der Waals surface area contributed by atoms with Gasteiger partial charge in [0.25, 0.3) is 0 Å². The zero-order chi connectivity index (χ0) is 27.2. The van der Waals surface area contributed by atoms with Crippen LogP contribution in [0.4, 0.5) is 0 Å². The van der Waals surface area contributed by atoms with Gasteiger partial charge in [0.1, 0.15) is 0 Å². The fourth-order valence-electron chi connectivity index (χ4n) is 4.23. The quantitative estimate of drug-likeness (QED) is 0.262. The summed E-state index contributed by atoms with van der Waals surface area (Å²) in [6, 6.07) is 0. The first-order valence-corrected chi connectivity index (χ1v) is 13.2. The molecule has 202 valence electrons. The zero-order valence-electron chi connectivity index (χ0n) is 25.1. The highest BCUT2D eigenvalue weighted by Crippen LogP contribution is 2.43. The molecule has 0 fully saturated rings. The summed E-state index contributed by atoms with van der Waals surface area (Å²) in [4.78, 5) is 0. The number of aliphatic hydroxyl groups is 2. The maximum absolute atomic E-state index is 10.1. The lowest BCUT2D eigenvalue weighted by atomic mass is 9.67. The van der Waals surface area contributed by atoms with Crippen LogP contribution in [0.15, 0.2) is 0 Å². The Morgan fingerprint density at radius 1 is 0.559 bits per heavy atom. The fraction of sp³-hybridized carbons (Fsp3) is 0.933. The van der Waals surface area contributed by atoms with Crippen molar-refractivity contribution in [3.63, 3.8) is 0 Å². The second kappa shape index (κ2) is 12.1. The molecule has 4 nitrogen and oxygen atoms in total. The number of rotatable bonds is 14. The van der Waals surface area contributed by atoms with Crippen LogP contribution in [-0.4, -0.2) is 45.8 Å². The van der Waals surface area contributed by atoms with E-state index in [1.807, 2.05) is 27.7 Å². The lowest BCUT2D eigenvalue weighted by Crippen LogP contribution is -2.47. The van der Waals surface area contributed by atoms with Gasteiger partial charge in [0.2, 0.25) is 0 Å². The van der Waals surface area contributed by atoms with Gasteiger partial charge in [-0.3, -0.25) is 0 Å². The summed E-state index contributed by atoms with van der Waals surface area (Å²) in [6.45, 7) is 30.0. The Balaban J connectivity index is 6.14. The van der Waals surface area contributed by atoms with Gasteiger partial charge in [-0.1, -0.05) is 39.5 Å². The first-order valence-electron chi connectivity index (χ1n) is 13.2. The first-order chi connectivity index (χ1) is 15.0. The Hall–Kier alpha value is -0.600. The normalized spacial score (nSPS) is 17.4. The van der Waals surface area contributed by atoms with Crippen LogP contribution in [0.2, 0.25) is 0 Å². The molecule has 0 saturated carbocycles. The maximum Gasteiger partial charge on any atom is 0.0788 e. The van der Waals surface area contributed by atoms with Crippen LogP contribution in [0.3, 0.4) is 0 Å².